The lowest BCUT2D eigenvalue weighted by Crippen LogP contribution is -2.31. The molecule has 1 aromatic carbocycles. The molecule has 0 spiro atoms. The SMILES string of the molecule is CCC=O.CN1CCCC(c2nc(Nc3cc(F)cc(F)c3)cc(-c3cccnc3)n2)C1. The number of nitrogens with one attached hydrogen (secondary N) is 1. The third-order valence-electron chi connectivity index (χ3n) is 4.99. The number of carbonyl (C=O) groups is 1. The highest BCUT2D eigenvalue weighted by Gasteiger charge is 2.22. The molecule has 6 nitrogen and oxygen atoms in total. The lowest BCUT2D eigenvalue weighted by molar-refractivity contribution is -0.107. The van der Waals surface area contributed by atoms with Crippen LogP contribution in [-0.4, -0.2) is 46.3 Å². The molecular formula is C24H27F2N5O. The van der Waals surface area contributed by atoms with Crippen molar-refractivity contribution in [3.05, 3.63) is 66.3 Å². The number of pyridine rings is 1. The molecule has 1 saturated heterocycles. The maximum Gasteiger partial charge on any atom is 0.135 e. The molecule has 1 aliphatic rings. The lowest BCUT2D eigenvalue weighted by atomic mass is 9.97. The van der Waals surface area contributed by atoms with Gasteiger partial charge < -0.3 is 15.0 Å². The molecule has 0 bridgehead atoms. The smallest absolute Gasteiger partial charge is 0.135 e. The second-order valence-electron chi connectivity index (χ2n) is 7.70. The average molecular weight is 440 g/mol. The monoisotopic (exact) mass is 439 g/mol. The van der Waals surface area contributed by atoms with Crippen LogP contribution in [0.25, 0.3) is 11.3 Å². The maximum atomic E-state index is 13.6. The van der Waals surface area contributed by atoms with Crippen molar-refractivity contribution in [2.24, 2.45) is 0 Å². The van der Waals surface area contributed by atoms with E-state index in [9.17, 15) is 13.6 Å². The number of rotatable bonds is 5. The molecule has 1 fully saturated rings. The Bertz CT molecular complexity index is 1010. The van der Waals surface area contributed by atoms with Gasteiger partial charge in [-0.1, -0.05) is 6.92 Å². The highest BCUT2D eigenvalue weighted by Crippen LogP contribution is 2.29. The number of anilines is 2. The molecule has 0 saturated carbocycles. The van der Waals surface area contributed by atoms with Crippen molar-refractivity contribution in [2.45, 2.75) is 32.1 Å². The number of likely N-dealkylation sites (N-methyl/N-ethyl adjacent to an activating group) is 1. The van der Waals surface area contributed by atoms with E-state index in [1.165, 1.54) is 12.1 Å². The summed E-state index contributed by atoms with van der Waals surface area (Å²) in [4.78, 5) is 25.0. The molecule has 1 aliphatic heterocycles. The summed E-state index contributed by atoms with van der Waals surface area (Å²) in [6, 6.07) is 8.87. The second-order valence-corrected chi connectivity index (χ2v) is 7.70. The number of benzene rings is 1. The fourth-order valence-corrected chi connectivity index (χ4v) is 3.53. The van der Waals surface area contributed by atoms with E-state index in [4.69, 9.17) is 4.98 Å². The second kappa shape index (κ2) is 11.4. The molecule has 3 aromatic rings. The summed E-state index contributed by atoms with van der Waals surface area (Å²) in [6.07, 6.45) is 7.05. The molecule has 1 N–H and O–H groups in total. The van der Waals surface area contributed by atoms with Gasteiger partial charge in [-0.3, -0.25) is 4.98 Å². The van der Waals surface area contributed by atoms with E-state index >= 15 is 0 Å². The van der Waals surface area contributed by atoms with Gasteiger partial charge in [0.15, 0.2) is 0 Å². The molecular weight excluding hydrogens is 412 g/mol. The van der Waals surface area contributed by atoms with Crippen LogP contribution in [0.4, 0.5) is 20.3 Å². The van der Waals surface area contributed by atoms with E-state index in [-0.39, 0.29) is 5.92 Å². The first-order valence-corrected chi connectivity index (χ1v) is 10.6. The first-order valence-electron chi connectivity index (χ1n) is 10.6. The maximum absolute atomic E-state index is 13.6. The van der Waals surface area contributed by atoms with Gasteiger partial charge in [0.05, 0.1) is 5.69 Å². The van der Waals surface area contributed by atoms with E-state index in [2.05, 4.69) is 27.2 Å². The largest absolute Gasteiger partial charge is 0.340 e. The van der Waals surface area contributed by atoms with Gasteiger partial charge in [-0.05, 0) is 50.7 Å². The summed E-state index contributed by atoms with van der Waals surface area (Å²) >= 11 is 0. The van der Waals surface area contributed by atoms with Crippen LogP contribution in [0.2, 0.25) is 0 Å². The van der Waals surface area contributed by atoms with Crippen LogP contribution in [0, 0.1) is 11.6 Å². The first-order chi connectivity index (χ1) is 15.5. The molecule has 8 heteroatoms. The minimum absolute atomic E-state index is 0.208. The van der Waals surface area contributed by atoms with Crippen molar-refractivity contribution in [2.75, 3.05) is 25.5 Å². The first kappa shape index (κ1) is 23.4. The molecule has 0 amide bonds. The summed E-state index contributed by atoms with van der Waals surface area (Å²) in [7, 11) is 2.09. The van der Waals surface area contributed by atoms with Crippen LogP contribution < -0.4 is 5.32 Å². The number of aldehydes is 1. The highest BCUT2D eigenvalue weighted by molar-refractivity contribution is 5.65. The average Bonchev–Trinajstić information content (AvgIpc) is 2.79. The molecule has 1 atom stereocenters. The van der Waals surface area contributed by atoms with Crippen molar-refractivity contribution in [3.63, 3.8) is 0 Å². The lowest BCUT2D eigenvalue weighted by Gasteiger charge is -2.29. The Balaban J connectivity index is 0.000000668. The summed E-state index contributed by atoms with van der Waals surface area (Å²) in [6.45, 7) is 3.75. The van der Waals surface area contributed by atoms with Crippen molar-refractivity contribution < 1.29 is 13.6 Å². The molecule has 0 aliphatic carbocycles. The van der Waals surface area contributed by atoms with Crippen molar-refractivity contribution in [3.8, 4) is 11.3 Å². The number of likely N-dealkylation sites (tertiary alicyclic amines) is 1. The van der Waals surface area contributed by atoms with Crippen LogP contribution in [0.1, 0.15) is 37.9 Å². The quantitative estimate of drug-likeness (QED) is 0.567. The fraction of sp³-hybridized carbons (Fsp3) is 0.333. The molecule has 1 unspecified atom stereocenters. The van der Waals surface area contributed by atoms with E-state index in [0.717, 1.165) is 55.4 Å². The predicted octanol–water partition coefficient (Wildman–Crippen LogP) is 4.96. The van der Waals surface area contributed by atoms with Crippen LogP contribution in [-0.2, 0) is 4.79 Å². The summed E-state index contributed by atoms with van der Waals surface area (Å²) in [5.41, 5.74) is 1.90. The third-order valence-corrected chi connectivity index (χ3v) is 4.99. The van der Waals surface area contributed by atoms with E-state index in [1.54, 1.807) is 18.5 Å². The van der Waals surface area contributed by atoms with Gasteiger partial charge in [-0.15, -0.1) is 0 Å². The summed E-state index contributed by atoms with van der Waals surface area (Å²) < 4.78 is 27.1. The normalized spacial score (nSPS) is 16.1. The third kappa shape index (κ3) is 6.62. The van der Waals surface area contributed by atoms with Gasteiger partial charge in [0.1, 0.15) is 29.6 Å². The number of hydrogen-bond acceptors (Lipinski definition) is 6. The van der Waals surface area contributed by atoms with Crippen molar-refractivity contribution >= 4 is 17.8 Å². The number of halogens is 2. The number of carbonyl (C=O) groups excluding carboxylic acids is 1. The molecule has 4 rings (SSSR count). The van der Waals surface area contributed by atoms with E-state index in [0.29, 0.717) is 17.9 Å². The minimum atomic E-state index is -0.641. The Morgan fingerprint density at radius 3 is 2.56 bits per heavy atom. The standard InChI is InChI=1S/C21H21F2N5.C3H6O/c1-28-7-3-5-15(13-28)21-26-19(14-4-2-6-24-12-14)11-20(27-21)25-18-9-16(22)8-17(23)10-18;1-2-3-4/h2,4,6,8-12,15H,3,5,7,13H2,1H3,(H,25,26,27);3H,2H2,1H3. The summed E-state index contributed by atoms with van der Waals surface area (Å²) in [5.74, 6) is 0.158. The van der Waals surface area contributed by atoms with Gasteiger partial charge in [0, 0.05) is 54.7 Å². The predicted molar refractivity (Wildman–Crippen MR) is 121 cm³/mol. The highest BCUT2D eigenvalue weighted by atomic mass is 19.1. The van der Waals surface area contributed by atoms with E-state index < -0.39 is 11.6 Å². The Kier molecular flexibility index (Phi) is 8.33. The Labute approximate surface area is 186 Å². The van der Waals surface area contributed by atoms with Gasteiger partial charge in [0.25, 0.3) is 0 Å². The Morgan fingerprint density at radius 1 is 1.19 bits per heavy atom. The van der Waals surface area contributed by atoms with Crippen LogP contribution in [0.3, 0.4) is 0 Å². The molecule has 3 heterocycles. The zero-order valence-corrected chi connectivity index (χ0v) is 18.3. The fourth-order valence-electron chi connectivity index (χ4n) is 3.53. The topological polar surface area (TPSA) is 71.0 Å². The number of aromatic nitrogens is 3. The molecule has 32 heavy (non-hydrogen) atoms. The molecule has 168 valence electrons. The summed E-state index contributed by atoms with van der Waals surface area (Å²) in [5, 5.41) is 3.02. The number of piperidine rings is 1. The van der Waals surface area contributed by atoms with Gasteiger partial charge >= 0.3 is 0 Å². The van der Waals surface area contributed by atoms with Gasteiger partial charge in [-0.2, -0.15) is 0 Å². The molecule has 2 aromatic heterocycles. The van der Waals surface area contributed by atoms with Gasteiger partial charge in [0.2, 0.25) is 0 Å². The Hall–Kier alpha value is -3.26. The number of nitrogens with zero attached hydrogens (tertiary/aromatic N) is 4. The van der Waals surface area contributed by atoms with Crippen LogP contribution in [0.15, 0.2) is 48.8 Å². The van der Waals surface area contributed by atoms with Crippen LogP contribution in [0.5, 0.6) is 0 Å². The zero-order valence-electron chi connectivity index (χ0n) is 18.3. The molecule has 0 radical (unpaired) electrons. The van der Waals surface area contributed by atoms with Crippen molar-refractivity contribution in [1.82, 2.24) is 19.9 Å². The minimum Gasteiger partial charge on any atom is -0.340 e. The zero-order chi connectivity index (χ0) is 22.9. The van der Waals surface area contributed by atoms with Gasteiger partial charge in [-0.25, -0.2) is 18.7 Å². The Morgan fingerprint density at radius 2 is 1.94 bits per heavy atom. The van der Waals surface area contributed by atoms with E-state index in [1.807, 2.05) is 19.1 Å². The van der Waals surface area contributed by atoms with Crippen LogP contribution >= 0.6 is 0 Å². The number of hydrogen-bond donors (Lipinski definition) is 1. The van der Waals surface area contributed by atoms with Crippen molar-refractivity contribution in [1.29, 1.82) is 0 Å².